The van der Waals surface area contributed by atoms with Gasteiger partial charge in [0.15, 0.2) is 0 Å². The van der Waals surface area contributed by atoms with E-state index in [2.05, 4.69) is 5.32 Å². The number of hydrogen-bond donors (Lipinski definition) is 3. The van der Waals surface area contributed by atoms with Crippen molar-refractivity contribution in [3.8, 4) is 0 Å². The van der Waals surface area contributed by atoms with E-state index in [1.807, 2.05) is 13.8 Å². The molecule has 5 N–H and O–H groups in total. The monoisotopic (exact) mass is 249 g/mol. The van der Waals surface area contributed by atoms with Crippen molar-refractivity contribution < 1.29 is 9.59 Å². The van der Waals surface area contributed by atoms with Crippen LogP contribution in [0.4, 0.5) is 5.69 Å². The molecule has 0 bridgehead atoms. The van der Waals surface area contributed by atoms with Gasteiger partial charge in [-0.2, -0.15) is 0 Å². The summed E-state index contributed by atoms with van der Waals surface area (Å²) in [6.45, 7) is 4.21. The zero-order chi connectivity index (χ0) is 13.7. The number of benzene rings is 1. The highest BCUT2D eigenvalue weighted by Gasteiger charge is 2.20. The van der Waals surface area contributed by atoms with Crippen molar-refractivity contribution in [3.63, 3.8) is 0 Å². The number of nitrogens with two attached hydrogens (primary N) is 2. The summed E-state index contributed by atoms with van der Waals surface area (Å²) in [5, 5.41) is 2.77. The van der Waals surface area contributed by atoms with E-state index in [4.69, 9.17) is 11.5 Å². The number of nitrogens with one attached hydrogen (secondary N) is 1. The Kier molecular flexibility index (Phi) is 4.85. The number of rotatable bonds is 5. The van der Waals surface area contributed by atoms with Crippen molar-refractivity contribution in [3.05, 3.63) is 29.8 Å². The van der Waals surface area contributed by atoms with Crippen LogP contribution in [0.1, 0.15) is 24.2 Å². The van der Waals surface area contributed by atoms with Crippen LogP contribution in [0.3, 0.4) is 0 Å². The van der Waals surface area contributed by atoms with Gasteiger partial charge in [-0.05, 0) is 30.2 Å². The van der Waals surface area contributed by atoms with Gasteiger partial charge in [-0.25, -0.2) is 0 Å². The van der Waals surface area contributed by atoms with Crippen LogP contribution in [-0.2, 0) is 4.79 Å². The third-order valence-corrected chi connectivity index (χ3v) is 2.83. The molecule has 0 aliphatic rings. The molecule has 0 aliphatic carbocycles. The SMILES string of the molecule is CC(C)C(CN)C(=O)Nc1ccc(C(N)=O)cc1. The maximum Gasteiger partial charge on any atom is 0.248 e. The van der Waals surface area contributed by atoms with E-state index in [1.165, 1.54) is 0 Å². The Labute approximate surface area is 107 Å². The van der Waals surface area contributed by atoms with Crippen LogP contribution in [0.5, 0.6) is 0 Å². The first kappa shape index (κ1) is 14.2. The van der Waals surface area contributed by atoms with Crippen molar-refractivity contribution in [1.29, 1.82) is 0 Å². The van der Waals surface area contributed by atoms with Crippen LogP contribution in [0.15, 0.2) is 24.3 Å². The summed E-state index contributed by atoms with van der Waals surface area (Å²) in [5.41, 5.74) is 11.7. The molecule has 98 valence electrons. The van der Waals surface area contributed by atoms with Gasteiger partial charge in [-0.3, -0.25) is 9.59 Å². The average molecular weight is 249 g/mol. The van der Waals surface area contributed by atoms with Crippen LogP contribution in [0.25, 0.3) is 0 Å². The lowest BCUT2D eigenvalue weighted by molar-refractivity contribution is -0.120. The van der Waals surface area contributed by atoms with Gasteiger partial charge in [-0.1, -0.05) is 13.8 Å². The van der Waals surface area contributed by atoms with Crippen molar-refractivity contribution in [1.82, 2.24) is 0 Å². The van der Waals surface area contributed by atoms with Crippen LogP contribution in [0.2, 0.25) is 0 Å². The molecule has 0 saturated heterocycles. The Bertz CT molecular complexity index is 426. The lowest BCUT2D eigenvalue weighted by atomic mass is 9.95. The zero-order valence-corrected chi connectivity index (χ0v) is 10.6. The van der Waals surface area contributed by atoms with Crippen LogP contribution < -0.4 is 16.8 Å². The predicted octanol–water partition coefficient (Wildman–Crippen LogP) is 0.955. The first-order valence-corrected chi connectivity index (χ1v) is 5.86. The van der Waals surface area contributed by atoms with E-state index >= 15 is 0 Å². The molecule has 2 amide bonds. The predicted molar refractivity (Wildman–Crippen MR) is 71.0 cm³/mol. The van der Waals surface area contributed by atoms with E-state index in [1.54, 1.807) is 24.3 Å². The maximum atomic E-state index is 11.9. The van der Waals surface area contributed by atoms with E-state index in [9.17, 15) is 9.59 Å². The molecule has 18 heavy (non-hydrogen) atoms. The Morgan fingerprint density at radius 2 is 1.78 bits per heavy atom. The molecule has 0 aliphatic heterocycles. The van der Waals surface area contributed by atoms with Crippen molar-refractivity contribution in [2.75, 3.05) is 11.9 Å². The first-order chi connectivity index (χ1) is 8.45. The third kappa shape index (κ3) is 3.56. The van der Waals surface area contributed by atoms with Gasteiger partial charge in [0.2, 0.25) is 11.8 Å². The summed E-state index contributed by atoms with van der Waals surface area (Å²) in [7, 11) is 0. The molecule has 1 atom stereocenters. The minimum absolute atomic E-state index is 0.112. The van der Waals surface area contributed by atoms with Crippen LogP contribution in [0, 0.1) is 11.8 Å². The quantitative estimate of drug-likeness (QED) is 0.724. The fraction of sp³-hybridized carbons (Fsp3) is 0.385. The number of hydrogen-bond acceptors (Lipinski definition) is 3. The normalized spacial score (nSPS) is 12.2. The molecule has 0 fully saturated rings. The second kappa shape index (κ2) is 6.16. The van der Waals surface area contributed by atoms with Gasteiger partial charge >= 0.3 is 0 Å². The van der Waals surface area contributed by atoms with Crippen molar-refractivity contribution >= 4 is 17.5 Å². The van der Waals surface area contributed by atoms with Gasteiger partial charge in [-0.15, -0.1) is 0 Å². The van der Waals surface area contributed by atoms with Gasteiger partial charge in [0, 0.05) is 17.8 Å². The topological polar surface area (TPSA) is 98.2 Å². The van der Waals surface area contributed by atoms with Gasteiger partial charge in [0.25, 0.3) is 0 Å². The summed E-state index contributed by atoms with van der Waals surface area (Å²) in [5.74, 6) is -0.644. The van der Waals surface area contributed by atoms with E-state index in [-0.39, 0.29) is 17.7 Å². The molecule has 0 spiro atoms. The molecule has 1 aromatic carbocycles. The standard InChI is InChI=1S/C13H19N3O2/c1-8(2)11(7-14)13(18)16-10-5-3-9(4-6-10)12(15)17/h3-6,8,11H,7,14H2,1-2H3,(H2,15,17)(H,16,18). The van der Waals surface area contributed by atoms with Crippen molar-refractivity contribution in [2.45, 2.75) is 13.8 Å². The lowest BCUT2D eigenvalue weighted by Crippen LogP contribution is -2.33. The molecule has 1 rings (SSSR count). The maximum absolute atomic E-state index is 11.9. The number of primary amides is 1. The zero-order valence-electron chi connectivity index (χ0n) is 10.6. The number of amides is 2. The van der Waals surface area contributed by atoms with Gasteiger partial charge in [0.05, 0.1) is 5.92 Å². The molecule has 5 nitrogen and oxygen atoms in total. The first-order valence-electron chi connectivity index (χ1n) is 5.86. The van der Waals surface area contributed by atoms with E-state index < -0.39 is 5.91 Å². The molecule has 1 unspecified atom stereocenters. The summed E-state index contributed by atoms with van der Waals surface area (Å²) in [4.78, 5) is 22.8. The highest BCUT2D eigenvalue weighted by molar-refractivity contribution is 5.95. The van der Waals surface area contributed by atoms with Gasteiger partial charge < -0.3 is 16.8 Å². The van der Waals surface area contributed by atoms with Crippen molar-refractivity contribution in [2.24, 2.45) is 23.3 Å². The summed E-state index contributed by atoms with van der Waals surface area (Å²) >= 11 is 0. The van der Waals surface area contributed by atoms with Crippen LogP contribution in [-0.4, -0.2) is 18.4 Å². The largest absolute Gasteiger partial charge is 0.366 e. The summed E-state index contributed by atoms with van der Waals surface area (Å²) in [6.07, 6.45) is 0. The second-order valence-electron chi connectivity index (χ2n) is 4.52. The minimum atomic E-state index is -0.491. The fourth-order valence-electron chi connectivity index (χ4n) is 1.63. The Hall–Kier alpha value is -1.88. The summed E-state index contributed by atoms with van der Waals surface area (Å²) in [6, 6.07) is 6.44. The highest BCUT2D eigenvalue weighted by atomic mass is 16.2. The Morgan fingerprint density at radius 3 is 2.17 bits per heavy atom. The molecule has 0 radical (unpaired) electrons. The molecule has 0 saturated carbocycles. The molecular formula is C13H19N3O2. The smallest absolute Gasteiger partial charge is 0.248 e. The molecule has 1 aromatic rings. The van der Waals surface area contributed by atoms with E-state index in [0.717, 1.165) is 0 Å². The second-order valence-corrected chi connectivity index (χ2v) is 4.52. The van der Waals surface area contributed by atoms with E-state index in [0.29, 0.717) is 17.8 Å². The molecule has 0 aromatic heterocycles. The minimum Gasteiger partial charge on any atom is -0.366 e. The average Bonchev–Trinajstić information content (AvgIpc) is 2.29. The fourth-order valence-corrected chi connectivity index (χ4v) is 1.63. The van der Waals surface area contributed by atoms with Crippen LogP contribution >= 0.6 is 0 Å². The Morgan fingerprint density at radius 1 is 1.22 bits per heavy atom. The van der Waals surface area contributed by atoms with Gasteiger partial charge in [0.1, 0.15) is 0 Å². The molecule has 5 heteroatoms. The third-order valence-electron chi connectivity index (χ3n) is 2.83. The number of carbonyl (C=O) groups is 2. The lowest BCUT2D eigenvalue weighted by Gasteiger charge is -2.18. The summed E-state index contributed by atoms with van der Waals surface area (Å²) < 4.78 is 0. The molecular weight excluding hydrogens is 230 g/mol. The Balaban J connectivity index is 2.73. The molecule has 0 heterocycles. The number of carbonyl (C=O) groups excluding carboxylic acids is 2. The highest BCUT2D eigenvalue weighted by Crippen LogP contribution is 2.14. The number of anilines is 1.